The molecule has 2 N–H and O–H groups in total. The van der Waals surface area contributed by atoms with Crippen molar-refractivity contribution in [2.75, 3.05) is 20.2 Å². The first-order chi connectivity index (χ1) is 11.4. The molecule has 1 saturated carbocycles. The minimum Gasteiger partial charge on any atom is -0.496 e. The minimum absolute atomic E-state index is 0.0432. The van der Waals surface area contributed by atoms with Crippen molar-refractivity contribution in [2.24, 2.45) is 0 Å². The number of carbonyl (C=O) groups is 2. The molecule has 1 aliphatic carbocycles. The van der Waals surface area contributed by atoms with E-state index >= 15 is 0 Å². The van der Waals surface area contributed by atoms with Crippen LogP contribution in [0.1, 0.15) is 25.3 Å². The third kappa shape index (κ3) is 4.85. The summed E-state index contributed by atoms with van der Waals surface area (Å²) in [7, 11) is 1.56. The van der Waals surface area contributed by atoms with E-state index in [-0.39, 0.29) is 31.0 Å². The van der Waals surface area contributed by atoms with Gasteiger partial charge in [-0.1, -0.05) is 18.5 Å². The van der Waals surface area contributed by atoms with Crippen LogP contribution in [-0.2, 0) is 16.0 Å². The van der Waals surface area contributed by atoms with E-state index in [1.807, 2.05) is 11.8 Å². The molecular formula is C17H23ClN2O4. The van der Waals surface area contributed by atoms with Gasteiger partial charge >= 0.3 is 5.97 Å². The smallest absolute Gasteiger partial charge is 0.317 e. The molecule has 1 amide bonds. The third-order valence-corrected chi connectivity index (χ3v) is 4.57. The van der Waals surface area contributed by atoms with E-state index in [1.54, 1.807) is 25.3 Å². The standard InChI is InChI=1S/C17H23ClN2O4/c1-3-20(10-17(22)23)14-8-13(9-14)19-16(21)7-11-6-12(18)4-5-15(11)24-2/h4-6,13-14H,3,7-10H2,1-2H3,(H,19,21)(H,22,23). The summed E-state index contributed by atoms with van der Waals surface area (Å²) in [4.78, 5) is 25.0. The first-order valence-corrected chi connectivity index (χ1v) is 8.38. The van der Waals surface area contributed by atoms with Crippen molar-refractivity contribution in [3.63, 3.8) is 0 Å². The summed E-state index contributed by atoms with van der Waals surface area (Å²) in [6.07, 6.45) is 1.76. The average molecular weight is 355 g/mol. The highest BCUT2D eigenvalue weighted by Crippen LogP contribution is 2.26. The van der Waals surface area contributed by atoms with Gasteiger partial charge in [-0.2, -0.15) is 0 Å². The number of hydrogen-bond donors (Lipinski definition) is 2. The number of hydrogen-bond acceptors (Lipinski definition) is 4. The largest absolute Gasteiger partial charge is 0.496 e. The number of amides is 1. The van der Waals surface area contributed by atoms with Gasteiger partial charge in [-0.15, -0.1) is 0 Å². The Morgan fingerprint density at radius 3 is 2.71 bits per heavy atom. The summed E-state index contributed by atoms with van der Waals surface area (Å²) in [5.41, 5.74) is 0.749. The zero-order valence-electron chi connectivity index (χ0n) is 13.9. The molecular weight excluding hydrogens is 332 g/mol. The van der Waals surface area contributed by atoms with E-state index in [0.29, 0.717) is 17.3 Å². The van der Waals surface area contributed by atoms with Gasteiger partial charge in [-0.05, 0) is 37.6 Å². The van der Waals surface area contributed by atoms with E-state index in [1.165, 1.54) is 0 Å². The number of halogens is 1. The van der Waals surface area contributed by atoms with Crippen molar-refractivity contribution in [3.05, 3.63) is 28.8 Å². The van der Waals surface area contributed by atoms with Crippen LogP contribution in [-0.4, -0.2) is 54.2 Å². The second-order valence-electron chi connectivity index (χ2n) is 5.98. The molecule has 7 heteroatoms. The van der Waals surface area contributed by atoms with Crippen LogP contribution in [0.15, 0.2) is 18.2 Å². The van der Waals surface area contributed by atoms with Crippen LogP contribution in [0.4, 0.5) is 0 Å². The number of carboxylic acids is 1. The highest BCUT2D eigenvalue weighted by molar-refractivity contribution is 6.30. The molecule has 132 valence electrons. The summed E-state index contributed by atoms with van der Waals surface area (Å²) < 4.78 is 5.25. The molecule has 0 radical (unpaired) electrons. The molecule has 0 spiro atoms. The molecule has 1 aliphatic rings. The topological polar surface area (TPSA) is 78.9 Å². The van der Waals surface area contributed by atoms with Crippen molar-refractivity contribution >= 4 is 23.5 Å². The first-order valence-electron chi connectivity index (χ1n) is 8.00. The minimum atomic E-state index is -0.822. The van der Waals surface area contributed by atoms with Crippen molar-refractivity contribution in [3.8, 4) is 5.75 Å². The molecule has 1 fully saturated rings. The van der Waals surface area contributed by atoms with Crippen LogP contribution in [0.2, 0.25) is 5.02 Å². The van der Waals surface area contributed by atoms with Crippen LogP contribution >= 0.6 is 11.6 Å². The molecule has 6 nitrogen and oxygen atoms in total. The Kier molecular flexibility index (Phi) is 6.45. The second kappa shape index (κ2) is 8.35. The summed E-state index contributed by atoms with van der Waals surface area (Å²) in [5.74, 6) is -0.266. The maximum absolute atomic E-state index is 12.2. The molecule has 0 saturated heterocycles. The highest BCUT2D eigenvalue weighted by atomic mass is 35.5. The molecule has 1 aromatic carbocycles. The first kappa shape index (κ1) is 18.5. The summed E-state index contributed by atoms with van der Waals surface area (Å²) in [5, 5.41) is 12.4. The van der Waals surface area contributed by atoms with Gasteiger partial charge in [0.15, 0.2) is 0 Å². The van der Waals surface area contributed by atoms with Crippen LogP contribution in [0.25, 0.3) is 0 Å². The Hall–Kier alpha value is -1.79. The van der Waals surface area contributed by atoms with Gasteiger partial charge in [0.2, 0.25) is 5.91 Å². The Balaban J connectivity index is 1.83. The number of likely N-dealkylation sites (N-methyl/N-ethyl adjacent to an activating group) is 1. The van der Waals surface area contributed by atoms with Crippen LogP contribution in [0.3, 0.4) is 0 Å². The number of nitrogens with one attached hydrogen (secondary N) is 1. The number of nitrogens with zero attached hydrogens (tertiary/aromatic N) is 1. The highest BCUT2D eigenvalue weighted by Gasteiger charge is 2.34. The van der Waals surface area contributed by atoms with Crippen LogP contribution < -0.4 is 10.1 Å². The van der Waals surface area contributed by atoms with Gasteiger partial charge in [0.25, 0.3) is 0 Å². The Labute approximate surface area is 146 Å². The number of methoxy groups -OCH3 is 1. The Bertz CT molecular complexity index is 602. The maximum Gasteiger partial charge on any atom is 0.317 e. The molecule has 0 bridgehead atoms. The van der Waals surface area contributed by atoms with Crippen LogP contribution in [0, 0.1) is 0 Å². The molecule has 0 aliphatic heterocycles. The fourth-order valence-electron chi connectivity index (χ4n) is 3.01. The number of carboxylic acid groups (broad SMARTS) is 1. The SMILES string of the molecule is CCN(CC(=O)O)C1CC(NC(=O)Cc2cc(Cl)ccc2OC)C1. The van der Waals surface area contributed by atoms with Gasteiger partial charge < -0.3 is 15.2 Å². The van der Waals surface area contributed by atoms with E-state index in [9.17, 15) is 9.59 Å². The summed E-state index contributed by atoms with van der Waals surface area (Å²) >= 11 is 5.97. The number of rotatable bonds is 8. The van der Waals surface area contributed by atoms with Gasteiger partial charge in [-0.3, -0.25) is 14.5 Å². The van der Waals surface area contributed by atoms with Crippen molar-refractivity contribution in [2.45, 2.75) is 38.3 Å². The normalized spacial score (nSPS) is 19.7. The van der Waals surface area contributed by atoms with Gasteiger partial charge in [0, 0.05) is 22.7 Å². The summed E-state index contributed by atoms with van der Waals surface area (Å²) in [6.45, 7) is 2.68. The number of ether oxygens (including phenoxy) is 1. The fraction of sp³-hybridized carbons (Fsp3) is 0.529. The van der Waals surface area contributed by atoms with Crippen molar-refractivity contribution in [1.29, 1.82) is 0 Å². The van der Waals surface area contributed by atoms with Gasteiger partial charge in [0.05, 0.1) is 20.1 Å². The predicted molar refractivity (Wildman–Crippen MR) is 91.5 cm³/mol. The molecule has 2 rings (SSSR count). The zero-order chi connectivity index (χ0) is 17.7. The van der Waals surface area contributed by atoms with E-state index in [4.69, 9.17) is 21.4 Å². The Morgan fingerprint density at radius 1 is 1.42 bits per heavy atom. The molecule has 0 heterocycles. The van der Waals surface area contributed by atoms with E-state index in [0.717, 1.165) is 18.4 Å². The number of benzene rings is 1. The lowest BCUT2D eigenvalue weighted by molar-refractivity contribution is -0.139. The second-order valence-corrected chi connectivity index (χ2v) is 6.42. The Morgan fingerprint density at radius 2 is 2.12 bits per heavy atom. The van der Waals surface area contributed by atoms with Crippen molar-refractivity contribution < 1.29 is 19.4 Å². The van der Waals surface area contributed by atoms with Gasteiger partial charge in [-0.25, -0.2) is 0 Å². The average Bonchev–Trinajstić information content (AvgIpc) is 2.48. The predicted octanol–water partition coefficient (Wildman–Crippen LogP) is 1.94. The lowest BCUT2D eigenvalue weighted by Crippen LogP contribution is -2.55. The summed E-state index contributed by atoms with van der Waals surface area (Å²) in [6, 6.07) is 5.51. The monoisotopic (exact) mass is 354 g/mol. The third-order valence-electron chi connectivity index (χ3n) is 4.33. The van der Waals surface area contributed by atoms with E-state index < -0.39 is 5.97 Å². The number of carbonyl (C=O) groups excluding carboxylic acids is 1. The lowest BCUT2D eigenvalue weighted by atomic mass is 9.85. The maximum atomic E-state index is 12.2. The zero-order valence-corrected chi connectivity index (χ0v) is 14.7. The molecule has 0 atom stereocenters. The number of aliphatic carboxylic acids is 1. The lowest BCUT2D eigenvalue weighted by Gasteiger charge is -2.42. The molecule has 1 aromatic rings. The quantitative estimate of drug-likeness (QED) is 0.746. The fourth-order valence-corrected chi connectivity index (χ4v) is 3.21. The van der Waals surface area contributed by atoms with Crippen LogP contribution in [0.5, 0.6) is 5.75 Å². The molecule has 24 heavy (non-hydrogen) atoms. The van der Waals surface area contributed by atoms with Crippen molar-refractivity contribution in [1.82, 2.24) is 10.2 Å². The van der Waals surface area contributed by atoms with Gasteiger partial charge in [0.1, 0.15) is 5.75 Å². The molecule has 0 aromatic heterocycles. The van der Waals surface area contributed by atoms with E-state index in [2.05, 4.69) is 5.32 Å². The molecule has 0 unspecified atom stereocenters.